The van der Waals surface area contributed by atoms with Crippen LogP contribution in [0.5, 0.6) is 5.75 Å². The predicted molar refractivity (Wildman–Crippen MR) is 63.5 cm³/mol. The summed E-state index contributed by atoms with van der Waals surface area (Å²) in [6.07, 6.45) is 5.22. The minimum Gasteiger partial charge on any atom is -0.485 e. The van der Waals surface area contributed by atoms with Gasteiger partial charge in [-0.15, -0.1) is 0 Å². The molecular weight excluding hydrogens is 218 g/mol. The third-order valence-corrected chi connectivity index (χ3v) is 2.52. The fourth-order valence-electron chi connectivity index (χ4n) is 1.51. The molecule has 2 aromatic rings. The van der Waals surface area contributed by atoms with Crippen molar-refractivity contribution in [3.05, 3.63) is 36.0 Å². The molecule has 0 saturated heterocycles. The first kappa shape index (κ1) is 11.7. The summed E-state index contributed by atoms with van der Waals surface area (Å²) in [5.74, 6) is 1.52. The molecule has 0 fully saturated rings. The fraction of sp³-hybridized carbons (Fsp3) is 0.417. The van der Waals surface area contributed by atoms with E-state index in [0.717, 1.165) is 17.1 Å². The van der Waals surface area contributed by atoms with Gasteiger partial charge >= 0.3 is 0 Å². The Balaban J connectivity index is 1.97. The van der Waals surface area contributed by atoms with Gasteiger partial charge in [-0.1, -0.05) is 0 Å². The number of hydrogen-bond donors (Lipinski definition) is 1. The highest BCUT2D eigenvalue weighted by molar-refractivity contribution is 5.18. The molecular formula is C12H17N3O2. The second-order valence-corrected chi connectivity index (χ2v) is 4.11. The molecule has 0 bridgehead atoms. The van der Waals surface area contributed by atoms with Gasteiger partial charge in [0.15, 0.2) is 5.75 Å². The Kier molecular flexibility index (Phi) is 3.49. The van der Waals surface area contributed by atoms with Crippen LogP contribution >= 0.6 is 0 Å². The largest absolute Gasteiger partial charge is 0.485 e. The Morgan fingerprint density at radius 3 is 3.00 bits per heavy atom. The third kappa shape index (κ3) is 2.68. The van der Waals surface area contributed by atoms with E-state index in [1.807, 2.05) is 16.9 Å². The van der Waals surface area contributed by atoms with Crippen LogP contribution in [0.15, 0.2) is 29.1 Å². The average Bonchev–Trinajstić information content (AvgIpc) is 2.95. The van der Waals surface area contributed by atoms with Gasteiger partial charge in [0.05, 0.1) is 25.2 Å². The molecule has 0 unspecified atom stereocenters. The van der Waals surface area contributed by atoms with Crippen LogP contribution in [0.2, 0.25) is 0 Å². The molecule has 2 N–H and O–H groups in total. The lowest BCUT2D eigenvalue weighted by molar-refractivity contribution is 0.301. The number of nitrogens with zero attached hydrogens (tertiary/aromatic N) is 2. The summed E-state index contributed by atoms with van der Waals surface area (Å²) in [5.41, 5.74) is 6.52. The van der Waals surface area contributed by atoms with Crippen molar-refractivity contribution in [1.82, 2.24) is 9.78 Å². The number of furan rings is 1. The predicted octanol–water partition coefficient (Wildman–Crippen LogP) is 2.09. The van der Waals surface area contributed by atoms with E-state index in [4.69, 9.17) is 14.9 Å². The number of hydrogen-bond acceptors (Lipinski definition) is 4. The second kappa shape index (κ2) is 5.05. The zero-order valence-corrected chi connectivity index (χ0v) is 10.1. The monoisotopic (exact) mass is 235 g/mol. The average molecular weight is 235 g/mol. The first-order valence-corrected chi connectivity index (χ1v) is 5.63. The Labute approximate surface area is 100 Å². The Morgan fingerprint density at radius 1 is 1.53 bits per heavy atom. The summed E-state index contributed by atoms with van der Waals surface area (Å²) in [5, 5.41) is 4.20. The van der Waals surface area contributed by atoms with Gasteiger partial charge in [0.2, 0.25) is 0 Å². The van der Waals surface area contributed by atoms with Crippen molar-refractivity contribution in [2.24, 2.45) is 5.73 Å². The summed E-state index contributed by atoms with van der Waals surface area (Å²) >= 11 is 0. The van der Waals surface area contributed by atoms with Crippen LogP contribution in [-0.2, 0) is 13.2 Å². The van der Waals surface area contributed by atoms with Gasteiger partial charge in [-0.25, -0.2) is 0 Å². The highest BCUT2D eigenvalue weighted by Gasteiger charge is 2.07. The van der Waals surface area contributed by atoms with E-state index in [0.29, 0.717) is 19.2 Å². The summed E-state index contributed by atoms with van der Waals surface area (Å²) in [7, 11) is 0. The highest BCUT2D eigenvalue weighted by Crippen LogP contribution is 2.16. The van der Waals surface area contributed by atoms with E-state index < -0.39 is 0 Å². The van der Waals surface area contributed by atoms with E-state index in [1.165, 1.54) is 0 Å². The summed E-state index contributed by atoms with van der Waals surface area (Å²) < 4.78 is 12.7. The molecule has 0 aliphatic carbocycles. The fourth-order valence-corrected chi connectivity index (χ4v) is 1.51. The molecule has 0 amide bonds. The van der Waals surface area contributed by atoms with Gasteiger partial charge in [-0.05, 0) is 19.9 Å². The molecule has 0 radical (unpaired) electrons. The minimum absolute atomic E-state index is 0.334. The SMILES string of the molecule is CC(C)n1cc(OCc2ccoc2CN)cn1. The second-order valence-electron chi connectivity index (χ2n) is 4.11. The lowest BCUT2D eigenvalue weighted by atomic mass is 10.2. The zero-order chi connectivity index (χ0) is 12.3. The number of nitrogens with two attached hydrogens (primary N) is 1. The maximum absolute atomic E-state index is 5.62. The van der Waals surface area contributed by atoms with Crippen LogP contribution < -0.4 is 10.5 Å². The molecule has 5 heteroatoms. The normalized spacial score (nSPS) is 11.1. The number of aromatic nitrogens is 2. The van der Waals surface area contributed by atoms with Crippen molar-refractivity contribution < 1.29 is 9.15 Å². The molecule has 0 aliphatic heterocycles. The Bertz CT molecular complexity index is 474. The standard InChI is InChI=1S/C12H17N3O2/c1-9(2)15-7-11(6-14-15)17-8-10-3-4-16-12(10)5-13/h3-4,6-7,9H,5,8,13H2,1-2H3. The van der Waals surface area contributed by atoms with Crippen molar-refractivity contribution in [2.75, 3.05) is 0 Å². The van der Waals surface area contributed by atoms with Crippen molar-refractivity contribution in [3.8, 4) is 5.75 Å². The van der Waals surface area contributed by atoms with E-state index in [1.54, 1.807) is 12.5 Å². The smallest absolute Gasteiger partial charge is 0.157 e. The van der Waals surface area contributed by atoms with Crippen LogP contribution in [0.1, 0.15) is 31.2 Å². The minimum atomic E-state index is 0.334. The third-order valence-electron chi connectivity index (χ3n) is 2.52. The summed E-state index contributed by atoms with van der Waals surface area (Å²) in [6, 6.07) is 2.20. The van der Waals surface area contributed by atoms with Crippen molar-refractivity contribution in [3.63, 3.8) is 0 Å². The molecule has 2 aromatic heterocycles. The van der Waals surface area contributed by atoms with E-state index in [-0.39, 0.29) is 0 Å². The van der Waals surface area contributed by atoms with Gasteiger partial charge in [0.1, 0.15) is 12.4 Å². The first-order valence-electron chi connectivity index (χ1n) is 5.63. The molecule has 0 aromatic carbocycles. The summed E-state index contributed by atoms with van der Waals surface area (Å²) in [6.45, 7) is 4.97. The van der Waals surface area contributed by atoms with Gasteiger partial charge < -0.3 is 14.9 Å². The molecule has 17 heavy (non-hydrogen) atoms. The van der Waals surface area contributed by atoms with E-state index >= 15 is 0 Å². The molecule has 2 rings (SSSR count). The molecule has 5 nitrogen and oxygen atoms in total. The van der Waals surface area contributed by atoms with Crippen molar-refractivity contribution in [1.29, 1.82) is 0 Å². The van der Waals surface area contributed by atoms with Crippen molar-refractivity contribution in [2.45, 2.75) is 33.0 Å². The number of rotatable bonds is 5. The van der Waals surface area contributed by atoms with Crippen LogP contribution in [0.4, 0.5) is 0 Å². The quantitative estimate of drug-likeness (QED) is 0.861. The Hall–Kier alpha value is -1.75. The van der Waals surface area contributed by atoms with Gasteiger partial charge in [-0.2, -0.15) is 5.10 Å². The van der Waals surface area contributed by atoms with Gasteiger partial charge in [0, 0.05) is 11.6 Å². The lowest BCUT2D eigenvalue weighted by Crippen LogP contribution is -2.02. The maximum Gasteiger partial charge on any atom is 0.157 e. The van der Waals surface area contributed by atoms with E-state index in [9.17, 15) is 0 Å². The molecule has 0 saturated carbocycles. The van der Waals surface area contributed by atoms with Gasteiger partial charge in [0.25, 0.3) is 0 Å². The topological polar surface area (TPSA) is 66.2 Å². The van der Waals surface area contributed by atoms with Crippen LogP contribution in [0.25, 0.3) is 0 Å². The van der Waals surface area contributed by atoms with Crippen LogP contribution in [-0.4, -0.2) is 9.78 Å². The molecule has 0 aliphatic rings. The zero-order valence-electron chi connectivity index (χ0n) is 10.1. The molecule has 0 atom stereocenters. The van der Waals surface area contributed by atoms with Crippen molar-refractivity contribution >= 4 is 0 Å². The highest BCUT2D eigenvalue weighted by atomic mass is 16.5. The Morgan fingerprint density at radius 2 is 2.35 bits per heavy atom. The van der Waals surface area contributed by atoms with Crippen LogP contribution in [0.3, 0.4) is 0 Å². The van der Waals surface area contributed by atoms with Crippen LogP contribution in [0, 0.1) is 0 Å². The molecule has 92 valence electrons. The molecule has 2 heterocycles. The maximum atomic E-state index is 5.62. The lowest BCUT2D eigenvalue weighted by Gasteiger charge is -2.04. The molecule has 0 spiro atoms. The first-order chi connectivity index (χ1) is 8.20. The number of ether oxygens (including phenoxy) is 1. The van der Waals surface area contributed by atoms with Gasteiger partial charge in [-0.3, -0.25) is 4.68 Å². The van der Waals surface area contributed by atoms with E-state index in [2.05, 4.69) is 18.9 Å². The summed E-state index contributed by atoms with van der Waals surface area (Å²) in [4.78, 5) is 0.